The first-order chi connectivity index (χ1) is 21.3. The highest BCUT2D eigenvalue weighted by Crippen LogP contribution is 2.34. The van der Waals surface area contributed by atoms with Gasteiger partial charge in [-0.2, -0.15) is 4.98 Å². The average molecular weight is 615 g/mol. The molecule has 8 heteroatoms. The third-order valence-electron chi connectivity index (χ3n) is 7.82. The number of ether oxygens (including phenoxy) is 2. The zero-order chi connectivity index (χ0) is 33.3. The minimum atomic E-state index is -0.378. The number of anilines is 1. The maximum Gasteiger partial charge on any atom is 0.291 e. The second kappa shape index (κ2) is 15.8. The Morgan fingerprint density at radius 3 is 2.33 bits per heavy atom. The molecule has 0 saturated heterocycles. The molecule has 0 fully saturated rings. The van der Waals surface area contributed by atoms with E-state index in [9.17, 15) is 4.79 Å². The zero-order valence-electron chi connectivity index (χ0n) is 28.9. The molecule has 3 aromatic heterocycles. The second-order valence-electron chi connectivity index (χ2n) is 12.1. The van der Waals surface area contributed by atoms with Crippen LogP contribution in [0.25, 0.3) is 0 Å². The summed E-state index contributed by atoms with van der Waals surface area (Å²) in [5.41, 5.74) is 7.89. The number of carbonyl (C=O) groups is 1. The number of nitrogens with zero attached hydrogens (tertiary/aromatic N) is 3. The van der Waals surface area contributed by atoms with Gasteiger partial charge >= 0.3 is 0 Å². The summed E-state index contributed by atoms with van der Waals surface area (Å²) in [4.78, 5) is 26.0. The van der Waals surface area contributed by atoms with Crippen molar-refractivity contribution in [1.29, 1.82) is 0 Å². The Labute approximate surface area is 269 Å². The van der Waals surface area contributed by atoms with Crippen LogP contribution in [0.2, 0.25) is 0 Å². The van der Waals surface area contributed by atoms with Crippen molar-refractivity contribution in [2.24, 2.45) is 0 Å². The van der Waals surface area contributed by atoms with Crippen molar-refractivity contribution in [3.05, 3.63) is 99.1 Å². The zero-order valence-corrected chi connectivity index (χ0v) is 28.9. The van der Waals surface area contributed by atoms with E-state index in [-0.39, 0.29) is 17.3 Å². The van der Waals surface area contributed by atoms with Gasteiger partial charge in [0, 0.05) is 24.9 Å². The molecule has 0 aliphatic heterocycles. The number of amides is 1. The van der Waals surface area contributed by atoms with Gasteiger partial charge < -0.3 is 19.2 Å². The van der Waals surface area contributed by atoms with Crippen molar-refractivity contribution in [3.8, 4) is 5.88 Å². The number of rotatable bonds is 11. The minimum Gasteiger partial charge on any atom is -0.479 e. The lowest BCUT2D eigenvalue weighted by Crippen LogP contribution is -2.22. The highest BCUT2D eigenvalue weighted by atomic mass is 16.5. The first kappa shape index (κ1) is 35.4. The second-order valence-corrected chi connectivity index (χ2v) is 12.1. The molecular weight excluding hydrogens is 564 g/mol. The van der Waals surface area contributed by atoms with Crippen LogP contribution in [0, 0.1) is 20.8 Å². The number of hydrogen-bond donors (Lipinski definition) is 1. The summed E-state index contributed by atoms with van der Waals surface area (Å²) in [6.07, 6.45) is 3.49. The van der Waals surface area contributed by atoms with Crippen LogP contribution >= 0.6 is 0 Å². The number of furan rings is 1. The molecule has 1 amide bonds. The van der Waals surface area contributed by atoms with Gasteiger partial charge in [-0.05, 0) is 99.9 Å². The fraction of sp³-hybridized carbons (Fsp3) is 0.459. The van der Waals surface area contributed by atoms with E-state index in [0.29, 0.717) is 41.8 Å². The molecule has 45 heavy (non-hydrogen) atoms. The number of pyridine rings is 1. The summed E-state index contributed by atoms with van der Waals surface area (Å²) in [6.45, 7) is 18.6. The Kier molecular flexibility index (Phi) is 12.4. The van der Waals surface area contributed by atoms with E-state index >= 15 is 0 Å². The van der Waals surface area contributed by atoms with Gasteiger partial charge in [0.25, 0.3) is 5.91 Å². The van der Waals surface area contributed by atoms with Crippen LogP contribution in [-0.2, 0) is 29.6 Å². The monoisotopic (exact) mass is 614 g/mol. The van der Waals surface area contributed by atoms with E-state index in [4.69, 9.17) is 13.9 Å². The Balaban J connectivity index is 0.000000468. The van der Waals surface area contributed by atoms with Crippen LogP contribution in [-0.4, -0.2) is 35.1 Å². The summed E-state index contributed by atoms with van der Waals surface area (Å²) >= 11 is 0. The highest BCUT2D eigenvalue weighted by Gasteiger charge is 2.26. The third-order valence-corrected chi connectivity index (χ3v) is 7.82. The fourth-order valence-corrected chi connectivity index (χ4v) is 5.16. The van der Waals surface area contributed by atoms with Gasteiger partial charge in [-0.3, -0.25) is 9.78 Å². The van der Waals surface area contributed by atoms with Crippen LogP contribution < -0.4 is 10.1 Å². The summed E-state index contributed by atoms with van der Waals surface area (Å²) in [5, 5.41) is 2.87. The lowest BCUT2D eigenvalue weighted by Gasteiger charge is -2.29. The quantitative estimate of drug-likeness (QED) is 0.181. The standard InChI is InChI=1S/C28H37N3O4.C9H13N/c1-10-23-25(27(33-8)30-18(5)29-23)31-26(32)24-12-11-20(35-24)14-19-15-21(16(2)3)22(13-17(19)4)28(6,7)34-9;1-3-5-9-7-4-6-8(2)10-9/h11-13,15-16H,10,14H2,1-9H3,(H,31,32);4,6-7H,3,5H2,1-2H3. The average Bonchev–Trinajstić information content (AvgIpc) is 3.47. The number of methoxy groups -OCH3 is 2. The number of carbonyl (C=O) groups excluding carboxylic acids is 1. The SMILES string of the molecule is CCCc1cccc(C)n1.CCc1nc(C)nc(OC)c1NC(=O)c1ccc(Cc2cc(C(C)C)c(C(C)(C)OC)cc2C)o1. The number of nitrogens with one attached hydrogen (secondary N) is 1. The number of hydrogen-bond acceptors (Lipinski definition) is 7. The molecule has 0 atom stereocenters. The third kappa shape index (κ3) is 9.24. The van der Waals surface area contributed by atoms with E-state index in [0.717, 1.165) is 29.0 Å². The van der Waals surface area contributed by atoms with E-state index in [1.54, 1.807) is 20.1 Å². The molecular formula is C37H50N4O4. The lowest BCUT2D eigenvalue weighted by atomic mass is 9.84. The van der Waals surface area contributed by atoms with Crippen molar-refractivity contribution < 1.29 is 18.7 Å². The molecule has 0 aliphatic rings. The maximum absolute atomic E-state index is 13.0. The Bertz CT molecular complexity index is 1560. The molecule has 0 bridgehead atoms. The van der Waals surface area contributed by atoms with E-state index in [2.05, 4.69) is 86.1 Å². The predicted octanol–water partition coefficient (Wildman–Crippen LogP) is 8.45. The van der Waals surface area contributed by atoms with Crippen molar-refractivity contribution in [3.63, 3.8) is 0 Å². The molecule has 0 unspecified atom stereocenters. The van der Waals surface area contributed by atoms with Crippen molar-refractivity contribution in [1.82, 2.24) is 15.0 Å². The van der Waals surface area contributed by atoms with E-state index < -0.39 is 0 Å². The van der Waals surface area contributed by atoms with Crippen LogP contribution in [0.4, 0.5) is 5.69 Å². The summed E-state index contributed by atoms with van der Waals surface area (Å²) in [5.74, 6) is 1.85. The van der Waals surface area contributed by atoms with Crippen molar-refractivity contribution in [2.75, 3.05) is 19.5 Å². The number of benzene rings is 1. The smallest absolute Gasteiger partial charge is 0.291 e. The first-order valence-electron chi connectivity index (χ1n) is 15.8. The molecule has 4 rings (SSSR count). The van der Waals surface area contributed by atoms with Gasteiger partial charge in [0.1, 0.15) is 17.3 Å². The molecule has 0 aliphatic carbocycles. The topological polar surface area (TPSA) is 99.4 Å². The van der Waals surface area contributed by atoms with E-state index in [1.165, 1.54) is 30.4 Å². The molecule has 4 aromatic rings. The summed E-state index contributed by atoms with van der Waals surface area (Å²) in [6, 6.07) is 14.2. The summed E-state index contributed by atoms with van der Waals surface area (Å²) < 4.78 is 17.1. The molecule has 0 radical (unpaired) electrons. The molecule has 0 spiro atoms. The Hall–Kier alpha value is -4.04. The van der Waals surface area contributed by atoms with Gasteiger partial charge in [0.15, 0.2) is 5.76 Å². The van der Waals surface area contributed by atoms with Crippen molar-refractivity contribution in [2.45, 2.75) is 99.5 Å². The molecule has 242 valence electrons. The van der Waals surface area contributed by atoms with Crippen LogP contribution in [0.15, 0.2) is 46.9 Å². The molecule has 0 saturated carbocycles. The van der Waals surface area contributed by atoms with Crippen LogP contribution in [0.3, 0.4) is 0 Å². The normalized spacial score (nSPS) is 11.3. The van der Waals surface area contributed by atoms with E-state index in [1.807, 2.05) is 26.0 Å². The molecule has 1 aromatic carbocycles. The minimum absolute atomic E-state index is 0.226. The lowest BCUT2D eigenvalue weighted by molar-refractivity contribution is 0.0182. The summed E-state index contributed by atoms with van der Waals surface area (Å²) in [7, 11) is 3.26. The van der Waals surface area contributed by atoms with Gasteiger partial charge in [-0.15, -0.1) is 0 Å². The van der Waals surface area contributed by atoms with Gasteiger partial charge in [0.05, 0.1) is 18.4 Å². The van der Waals surface area contributed by atoms with Crippen LogP contribution in [0.5, 0.6) is 5.88 Å². The fourth-order valence-electron chi connectivity index (χ4n) is 5.16. The number of aromatic nitrogens is 3. The highest BCUT2D eigenvalue weighted by molar-refractivity contribution is 6.03. The maximum atomic E-state index is 13.0. The molecule has 1 N–H and O–H groups in total. The Morgan fingerprint density at radius 1 is 1.00 bits per heavy atom. The van der Waals surface area contributed by atoms with Crippen molar-refractivity contribution >= 4 is 11.6 Å². The van der Waals surface area contributed by atoms with Gasteiger partial charge in [-0.1, -0.05) is 52.3 Å². The van der Waals surface area contributed by atoms with Gasteiger partial charge in [-0.25, -0.2) is 4.98 Å². The Morgan fingerprint density at radius 2 is 1.73 bits per heavy atom. The number of aryl methyl sites for hydroxylation is 5. The first-order valence-corrected chi connectivity index (χ1v) is 15.8. The van der Waals surface area contributed by atoms with Crippen LogP contribution in [0.1, 0.15) is 115 Å². The molecule has 8 nitrogen and oxygen atoms in total. The molecule has 3 heterocycles. The largest absolute Gasteiger partial charge is 0.479 e. The predicted molar refractivity (Wildman–Crippen MR) is 180 cm³/mol. The van der Waals surface area contributed by atoms with Gasteiger partial charge in [0.2, 0.25) is 5.88 Å².